The summed E-state index contributed by atoms with van der Waals surface area (Å²) in [6.45, 7) is -0.728. The van der Waals surface area contributed by atoms with Crippen LogP contribution in [-0.4, -0.2) is 36.8 Å². The number of allylic oxidation sites excluding steroid dienone is 1. The van der Waals surface area contributed by atoms with Crippen LogP contribution in [0.5, 0.6) is 0 Å². The summed E-state index contributed by atoms with van der Waals surface area (Å²) >= 11 is 1.51. The number of nitrogens with one attached hydrogen (secondary N) is 1. The Morgan fingerprint density at radius 2 is 1.81 bits per heavy atom. The molecule has 0 atom stereocenters. The van der Waals surface area contributed by atoms with E-state index in [4.69, 9.17) is 9.52 Å². The zero-order chi connectivity index (χ0) is 22.7. The number of aliphatic carboxylic acids is 1. The summed E-state index contributed by atoms with van der Waals surface area (Å²) in [5.41, 5.74) is 1.16. The molecule has 0 radical (unpaired) electrons. The van der Waals surface area contributed by atoms with Gasteiger partial charge in [-0.05, 0) is 60.7 Å². The minimum absolute atomic E-state index is 0.134. The van der Waals surface area contributed by atoms with Gasteiger partial charge in [0.05, 0.1) is 15.1 Å². The van der Waals surface area contributed by atoms with Crippen LogP contribution in [0.15, 0.2) is 76.1 Å². The summed E-state index contributed by atoms with van der Waals surface area (Å²) in [6.07, 6.45) is 2.85. The number of aromatic nitrogens is 1. The molecular formula is C22H16N2O6S2. The number of carboxylic acids is 1. The van der Waals surface area contributed by atoms with Crippen LogP contribution < -0.4 is 4.72 Å². The number of nitrogens with zero attached hydrogens (tertiary/aromatic N) is 1. The van der Waals surface area contributed by atoms with Crippen LogP contribution in [0.1, 0.15) is 16.1 Å². The summed E-state index contributed by atoms with van der Waals surface area (Å²) in [5.74, 6) is -0.563. The average molecular weight is 469 g/mol. The smallest absolute Gasteiger partial charge is 0.318 e. The number of sulfonamides is 1. The third-order valence-electron chi connectivity index (χ3n) is 4.39. The van der Waals surface area contributed by atoms with Gasteiger partial charge in [-0.25, -0.2) is 13.4 Å². The van der Waals surface area contributed by atoms with E-state index in [-0.39, 0.29) is 16.2 Å². The Hall–Kier alpha value is -3.60. The predicted octanol–water partition coefficient (Wildman–Crippen LogP) is 3.82. The lowest BCUT2D eigenvalue weighted by Crippen LogP contribution is -2.29. The maximum atomic E-state index is 12.4. The van der Waals surface area contributed by atoms with Crippen molar-refractivity contribution in [3.05, 3.63) is 78.1 Å². The molecule has 2 heterocycles. The first-order valence-electron chi connectivity index (χ1n) is 9.31. The monoisotopic (exact) mass is 468 g/mol. The normalized spacial score (nSPS) is 11.9. The molecule has 0 aliphatic heterocycles. The second-order valence-electron chi connectivity index (χ2n) is 6.63. The Morgan fingerprint density at radius 1 is 1.06 bits per heavy atom. The maximum Gasteiger partial charge on any atom is 0.318 e. The Kier molecular flexibility index (Phi) is 5.99. The molecule has 162 valence electrons. The van der Waals surface area contributed by atoms with Gasteiger partial charge in [-0.3, -0.25) is 9.59 Å². The SMILES string of the molecule is O=C(O)CNS(=O)(=O)c1ccc(C(=O)/C=C/c2ccc(-c3nc4ccccc4s3)o2)cc1. The maximum absolute atomic E-state index is 12.4. The fraction of sp³-hybridized carbons (Fsp3) is 0.0455. The van der Waals surface area contributed by atoms with E-state index in [2.05, 4.69) is 4.98 Å². The number of para-hydroxylation sites is 1. The van der Waals surface area contributed by atoms with Crippen LogP contribution in [0, 0.1) is 0 Å². The van der Waals surface area contributed by atoms with Gasteiger partial charge in [-0.15, -0.1) is 11.3 Å². The van der Waals surface area contributed by atoms with Gasteiger partial charge < -0.3 is 9.52 Å². The molecule has 0 fully saturated rings. The van der Waals surface area contributed by atoms with Gasteiger partial charge in [0.25, 0.3) is 0 Å². The molecular weight excluding hydrogens is 452 g/mol. The van der Waals surface area contributed by atoms with E-state index in [1.165, 1.54) is 47.8 Å². The van der Waals surface area contributed by atoms with Gasteiger partial charge in [-0.2, -0.15) is 4.72 Å². The number of ketones is 1. The molecule has 0 spiro atoms. The predicted molar refractivity (Wildman–Crippen MR) is 120 cm³/mol. The molecule has 10 heteroatoms. The van der Waals surface area contributed by atoms with Crippen molar-refractivity contribution < 1.29 is 27.5 Å². The lowest BCUT2D eigenvalue weighted by Gasteiger charge is -2.05. The minimum atomic E-state index is -3.97. The molecule has 8 nitrogen and oxygen atoms in total. The molecule has 4 aromatic rings. The lowest BCUT2D eigenvalue weighted by atomic mass is 10.1. The quantitative estimate of drug-likeness (QED) is 0.297. The molecule has 0 amide bonds. The lowest BCUT2D eigenvalue weighted by molar-refractivity contribution is -0.135. The highest BCUT2D eigenvalue weighted by molar-refractivity contribution is 7.89. The van der Waals surface area contributed by atoms with Crippen molar-refractivity contribution in [2.45, 2.75) is 4.90 Å². The zero-order valence-corrected chi connectivity index (χ0v) is 18.0. The second-order valence-corrected chi connectivity index (χ2v) is 9.43. The van der Waals surface area contributed by atoms with Crippen LogP contribution in [0.3, 0.4) is 0 Å². The van der Waals surface area contributed by atoms with Gasteiger partial charge in [0.1, 0.15) is 12.3 Å². The van der Waals surface area contributed by atoms with Crippen LogP contribution in [0.2, 0.25) is 0 Å². The van der Waals surface area contributed by atoms with Gasteiger partial charge in [-0.1, -0.05) is 12.1 Å². The third-order valence-corrected chi connectivity index (χ3v) is 6.86. The fourth-order valence-electron chi connectivity index (χ4n) is 2.83. The van der Waals surface area contributed by atoms with Crippen LogP contribution in [0.4, 0.5) is 0 Å². The molecule has 0 saturated carbocycles. The highest BCUT2D eigenvalue weighted by Gasteiger charge is 2.16. The van der Waals surface area contributed by atoms with Crippen LogP contribution in [-0.2, 0) is 14.8 Å². The van der Waals surface area contributed by atoms with Crippen molar-refractivity contribution in [2.75, 3.05) is 6.54 Å². The van der Waals surface area contributed by atoms with Gasteiger partial charge in [0.15, 0.2) is 16.6 Å². The summed E-state index contributed by atoms with van der Waals surface area (Å²) in [4.78, 5) is 27.4. The zero-order valence-electron chi connectivity index (χ0n) is 16.4. The van der Waals surface area contributed by atoms with Gasteiger partial charge in [0.2, 0.25) is 10.0 Å². The first-order chi connectivity index (χ1) is 15.3. The first kappa shape index (κ1) is 21.6. The number of thiazole rings is 1. The number of carbonyl (C=O) groups excluding carboxylic acids is 1. The molecule has 0 unspecified atom stereocenters. The Balaban J connectivity index is 1.45. The van der Waals surface area contributed by atoms with Crippen LogP contribution >= 0.6 is 11.3 Å². The molecule has 0 aliphatic carbocycles. The van der Waals surface area contributed by atoms with Crippen LogP contribution in [0.25, 0.3) is 27.1 Å². The van der Waals surface area contributed by atoms with Gasteiger partial charge in [0, 0.05) is 5.56 Å². The van der Waals surface area contributed by atoms with E-state index in [9.17, 15) is 18.0 Å². The fourth-order valence-corrected chi connectivity index (χ4v) is 4.73. The molecule has 2 N–H and O–H groups in total. The number of furan rings is 1. The molecule has 0 saturated heterocycles. The molecule has 2 aromatic carbocycles. The molecule has 0 aliphatic rings. The summed E-state index contributed by atoms with van der Waals surface area (Å²) in [5, 5.41) is 9.34. The number of hydrogen-bond acceptors (Lipinski definition) is 7. The molecule has 32 heavy (non-hydrogen) atoms. The number of benzene rings is 2. The number of rotatable bonds is 8. The van der Waals surface area contributed by atoms with E-state index in [1.54, 1.807) is 12.1 Å². The first-order valence-corrected chi connectivity index (χ1v) is 11.6. The molecule has 2 aromatic heterocycles. The second kappa shape index (κ2) is 8.87. The minimum Gasteiger partial charge on any atom is -0.480 e. The average Bonchev–Trinajstić information content (AvgIpc) is 3.43. The molecule has 0 bridgehead atoms. The van der Waals surface area contributed by atoms with E-state index in [0.29, 0.717) is 11.5 Å². The van der Waals surface area contributed by atoms with Crippen molar-refractivity contribution in [1.29, 1.82) is 0 Å². The topological polar surface area (TPSA) is 127 Å². The standard InChI is InChI=1S/C22H16N2O6S2/c25-18(14-5-9-16(10-6-14)32(28,29)23-13-21(26)27)11-7-15-8-12-19(30-15)22-24-17-3-1-2-4-20(17)31-22/h1-12,23H,13H2,(H,26,27)/b11-7+. The highest BCUT2D eigenvalue weighted by atomic mass is 32.2. The summed E-state index contributed by atoms with van der Waals surface area (Å²) in [6, 6.07) is 16.5. The van der Waals surface area contributed by atoms with E-state index >= 15 is 0 Å². The Labute approximate surface area is 186 Å². The van der Waals surface area contributed by atoms with Crippen molar-refractivity contribution in [3.63, 3.8) is 0 Å². The van der Waals surface area contributed by atoms with E-state index < -0.39 is 22.5 Å². The van der Waals surface area contributed by atoms with Crippen molar-refractivity contribution in [3.8, 4) is 10.8 Å². The largest absolute Gasteiger partial charge is 0.480 e. The summed E-state index contributed by atoms with van der Waals surface area (Å²) in [7, 11) is -3.97. The van der Waals surface area contributed by atoms with Crippen molar-refractivity contribution in [1.82, 2.24) is 9.71 Å². The third kappa shape index (κ3) is 4.83. The van der Waals surface area contributed by atoms with Crippen molar-refractivity contribution >= 4 is 49.4 Å². The number of carboxylic acid groups (broad SMARTS) is 1. The van der Waals surface area contributed by atoms with Gasteiger partial charge >= 0.3 is 5.97 Å². The van der Waals surface area contributed by atoms with E-state index in [1.807, 2.05) is 29.0 Å². The van der Waals surface area contributed by atoms with E-state index in [0.717, 1.165) is 15.2 Å². The number of carbonyl (C=O) groups is 2. The highest BCUT2D eigenvalue weighted by Crippen LogP contribution is 2.31. The Bertz CT molecular complexity index is 1400. The van der Waals surface area contributed by atoms with Crippen molar-refractivity contribution in [2.24, 2.45) is 0 Å². The molecule has 4 rings (SSSR count). The number of hydrogen-bond donors (Lipinski definition) is 2. The Morgan fingerprint density at radius 3 is 2.53 bits per heavy atom. The number of fused-ring (bicyclic) bond motifs is 1. The summed E-state index contributed by atoms with van der Waals surface area (Å²) < 4.78 is 32.8.